The normalized spacial score (nSPS) is 25.7. The van der Waals surface area contributed by atoms with Crippen molar-refractivity contribution >= 4 is 6.29 Å². The summed E-state index contributed by atoms with van der Waals surface area (Å²) < 4.78 is 5.38. The van der Waals surface area contributed by atoms with Crippen molar-refractivity contribution in [3.63, 3.8) is 0 Å². The van der Waals surface area contributed by atoms with Gasteiger partial charge in [-0.25, -0.2) is 0 Å². The number of carbonyl (C=O) groups is 1. The Morgan fingerprint density at radius 2 is 2.00 bits per heavy atom. The number of aldehydes is 1. The number of hydrogen-bond acceptors (Lipinski definition) is 2. The minimum atomic E-state index is -0.432. The molecule has 2 heteroatoms. The zero-order valence-corrected chi connectivity index (χ0v) is 7.52. The zero-order chi connectivity index (χ0) is 8.54. The maximum Gasteiger partial charge on any atom is 0.151 e. The van der Waals surface area contributed by atoms with Crippen molar-refractivity contribution in [2.45, 2.75) is 39.2 Å². The van der Waals surface area contributed by atoms with E-state index in [2.05, 4.69) is 13.8 Å². The molecule has 0 unspecified atom stereocenters. The molecule has 11 heavy (non-hydrogen) atoms. The molecule has 0 aromatic rings. The van der Waals surface area contributed by atoms with Crippen molar-refractivity contribution in [3.05, 3.63) is 0 Å². The van der Waals surface area contributed by atoms with Crippen molar-refractivity contribution in [2.24, 2.45) is 5.41 Å². The Kier molecular flexibility index (Phi) is 2.06. The second kappa shape index (κ2) is 2.59. The Hall–Kier alpha value is -0.370. The van der Waals surface area contributed by atoms with Gasteiger partial charge in [0, 0.05) is 6.61 Å². The summed E-state index contributed by atoms with van der Waals surface area (Å²) in [6.07, 6.45) is 2.70. The molecular weight excluding hydrogens is 140 g/mol. The molecule has 0 N–H and O–H groups in total. The van der Waals surface area contributed by atoms with E-state index in [-0.39, 0.29) is 0 Å². The van der Waals surface area contributed by atoms with E-state index in [1.807, 2.05) is 6.92 Å². The first kappa shape index (κ1) is 8.72. The molecule has 0 aromatic carbocycles. The summed E-state index contributed by atoms with van der Waals surface area (Å²) in [6, 6.07) is 0. The quantitative estimate of drug-likeness (QED) is 0.582. The van der Waals surface area contributed by atoms with Gasteiger partial charge in [-0.15, -0.1) is 0 Å². The molecule has 0 heterocycles. The molecule has 0 spiro atoms. The Morgan fingerprint density at radius 1 is 1.45 bits per heavy atom. The minimum absolute atomic E-state index is 0.302. The van der Waals surface area contributed by atoms with Gasteiger partial charge in [0.25, 0.3) is 0 Å². The lowest BCUT2D eigenvalue weighted by Crippen LogP contribution is -2.52. The smallest absolute Gasteiger partial charge is 0.151 e. The highest BCUT2D eigenvalue weighted by atomic mass is 16.5. The molecule has 0 atom stereocenters. The number of ether oxygens (including phenoxy) is 1. The third-order valence-corrected chi connectivity index (χ3v) is 2.20. The standard InChI is InChI=1S/C9H16O2/c1-4-11-9(7-10)5-8(2,3)6-9/h7H,4-6H2,1-3H3. The predicted octanol–water partition coefficient (Wildman–Crippen LogP) is 1.78. The Bertz CT molecular complexity index is 153. The second-order valence-corrected chi connectivity index (χ2v) is 4.13. The van der Waals surface area contributed by atoms with Crippen LogP contribution >= 0.6 is 0 Å². The highest BCUT2D eigenvalue weighted by molar-refractivity contribution is 5.65. The van der Waals surface area contributed by atoms with Gasteiger partial charge >= 0.3 is 0 Å². The van der Waals surface area contributed by atoms with Crippen LogP contribution < -0.4 is 0 Å². The lowest BCUT2D eigenvalue weighted by Gasteiger charge is -2.49. The maximum absolute atomic E-state index is 10.7. The molecule has 0 aromatic heterocycles. The molecule has 1 aliphatic carbocycles. The lowest BCUT2D eigenvalue weighted by molar-refractivity contribution is -0.164. The van der Waals surface area contributed by atoms with Gasteiger partial charge in [-0.3, -0.25) is 0 Å². The number of rotatable bonds is 3. The molecule has 1 saturated carbocycles. The van der Waals surface area contributed by atoms with E-state index >= 15 is 0 Å². The number of carbonyl (C=O) groups excluding carboxylic acids is 1. The predicted molar refractivity (Wildman–Crippen MR) is 43.4 cm³/mol. The first-order chi connectivity index (χ1) is 5.04. The number of hydrogen-bond donors (Lipinski definition) is 0. The van der Waals surface area contributed by atoms with Crippen LogP contribution in [0.15, 0.2) is 0 Å². The van der Waals surface area contributed by atoms with Crippen LogP contribution in [0.1, 0.15) is 33.6 Å². The molecule has 1 aliphatic rings. The Balaban J connectivity index is 2.49. The molecule has 0 aliphatic heterocycles. The molecule has 2 nitrogen and oxygen atoms in total. The summed E-state index contributed by atoms with van der Waals surface area (Å²) >= 11 is 0. The molecule has 0 amide bonds. The average molecular weight is 156 g/mol. The summed E-state index contributed by atoms with van der Waals surface area (Å²) in [5.74, 6) is 0. The molecule has 1 fully saturated rings. The molecule has 1 rings (SSSR count). The summed E-state index contributed by atoms with van der Waals surface area (Å²) in [4.78, 5) is 10.7. The Morgan fingerprint density at radius 3 is 2.27 bits per heavy atom. The van der Waals surface area contributed by atoms with Crippen molar-refractivity contribution in [3.8, 4) is 0 Å². The van der Waals surface area contributed by atoms with Crippen LogP contribution in [0.4, 0.5) is 0 Å². The van der Waals surface area contributed by atoms with E-state index in [9.17, 15) is 4.79 Å². The van der Waals surface area contributed by atoms with E-state index in [1.165, 1.54) is 0 Å². The van der Waals surface area contributed by atoms with E-state index in [4.69, 9.17) is 4.74 Å². The van der Waals surface area contributed by atoms with Gasteiger partial charge < -0.3 is 9.53 Å². The van der Waals surface area contributed by atoms with Gasteiger partial charge in [0.05, 0.1) is 0 Å². The van der Waals surface area contributed by atoms with Crippen LogP contribution in [-0.2, 0) is 9.53 Å². The van der Waals surface area contributed by atoms with Gasteiger partial charge in [-0.1, -0.05) is 13.8 Å². The highest BCUT2D eigenvalue weighted by Crippen LogP contribution is 2.48. The van der Waals surface area contributed by atoms with Crippen LogP contribution in [-0.4, -0.2) is 18.5 Å². The monoisotopic (exact) mass is 156 g/mol. The molecule has 0 saturated heterocycles. The average Bonchev–Trinajstić information content (AvgIpc) is 1.84. The van der Waals surface area contributed by atoms with Crippen molar-refractivity contribution in [1.29, 1.82) is 0 Å². The van der Waals surface area contributed by atoms with Crippen molar-refractivity contribution < 1.29 is 9.53 Å². The second-order valence-electron chi connectivity index (χ2n) is 4.13. The molecule has 0 bridgehead atoms. The first-order valence-corrected chi connectivity index (χ1v) is 4.14. The largest absolute Gasteiger partial charge is 0.368 e. The van der Waals surface area contributed by atoms with Crippen LogP contribution in [0.2, 0.25) is 0 Å². The molecule has 0 radical (unpaired) electrons. The van der Waals surface area contributed by atoms with Gasteiger partial charge in [-0.05, 0) is 25.2 Å². The minimum Gasteiger partial charge on any atom is -0.368 e. The third kappa shape index (κ3) is 1.62. The summed E-state index contributed by atoms with van der Waals surface area (Å²) in [5, 5.41) is 0. The molecule has 64 valence electrons. The van der Waals surface area contributed by atoms with Gasteiger partial charge in [0.2, 0.25) is 0 Å². The van der Waals surface area contributed by atoms with E-state index in [0.29, 0.717) is 12.0 Å². The molecular formula is C9H16O2. The Labute approximate surface area is 67.9 Å². The van der Waals surface area contributed by atoms with Gasteiger partial charge in [-0.2, -0.15) is 0 Å². The maximum atomic E-state index is 10.7. The fourth-order valence-electron chi connectivity index (χ4n) is 2.08. The fourth-order valence-corrected chi connectivity index (χ4v) is 2.08. The zero-order valence-electron chi connectivity index (χ0n) is 7.52. The summed E-state index contributed by atoms with van der Waals surface area (Å²) in [5.41, 5.74) is -0.131. The SMILES string of the molecule is CCOC1(C=O)CC(C)(C)C1. The summed E-state index contributed by atoms with van der Waals surface area (Å²) in [7, 11) is 0. The van der Waals surface area contributed by atoms with E-state index in [0.717, 1.165) is 19.1 Å². The van der Waals surface area contributed by atoms with Gasteiger partial charge in [0.15, 0.2) is 6.29 Å². The van der Waals surface area contributed by atoms with Crippen molar-refractivity contribution in [2.75, 3.05) is 6.61 Å². The first-order valence-electron chi connectivity index (χ1n) is 4.14. The van der Waals surface area contributed by atoms with Gasteiger partial charge in [0.1, 0.15) is 5.60 Å². The van der Waals surface area contributed by atoms with E-state index < -0.39 is 5.60 Å². The van der Waals surface area contributed by atoms with Crippen LogP contribution in [0.25, 0.3) is 0 Å². The van der Waals surface area contributed by atoms with E-state index in [1.54, 1.807) is 0 Å². The van der Waals surface area contributed by atoms with Crippen LogP contribution in [0, 0.1) is 5.41 Å². The fraction of sp³-hybridized carbons (Fsp3) is 0.889. The van der Waals surface area contributed by atoms with Crippen LogP contribution in [0.3, 0.4) is 0 Å². The summed E-state index contributed by atoms with van der Waals surface area (Å²) in [6.45, 7) is 6.88. The third-order valence-electron chi connectivity index (χ3n) is 2.20. The lowest BCUT2D eigenvalue weighted by atomic mass is 9.62. The highest BCUT2D eigenvalue weighted by Gasteiger charge is 2.50. The topological polar surface area (TPSA) is 26.3 Å². The van der Waals surface area contributed by atoms with Crippen LogP contribution in [0.5, 0.6) is 0 Å². The van der Waals surface area contributed by atoms with Crippen molar-refractivity contribution in [1.82, 2.24) is 0 Å².